The summed E-state index contributed by atoms with van der Waals surface area (Å²) in [5.74, 6) is 0.628. The molecule has 1 aromatic rings. The van der Waals surface area contributed by atoms with Crippen LogP contribution in [0.15, 0.2) is 24.3 Å². The molecule has 0 spiro atoms. The predicted molar refractivity (Wildman–Crippen MR) is 80.4 cm³/mol. The molecule has 1 aliphatic rings. The Morgan fingerprint density at radius 1 is 1.19 bits per heavy atom. The summed E-state index contributed by atoms with van der Waals surface area (Å²) in [5.41, 5.74) is 5.94. The average molecular weight is 323 g/mol. The number of likely N-dealkylation sites (tertiary alicyclic amines) is 1. The van der Waals surface area contributed by atoms with Crippen molar-refractivity contribution in [3.05, 3.63) is 35.4 Å². The van der Waals surface area contributed by atoms with Crippen LogP contribution in [0.2, 0.25) is 0 Å². The molecule has 0 bridgehead atoms. The fourth-order valence-corrected chi connectivity index (χ4v) is 2.82. The molecule has 0 radical (unpaired) electrons. The van der Waals surface area contributed by atoms with Crippen LogP contribution < -0.4 is 5.73 Å². The lowest BCUT2D eigenvalue weighted by molar-refractivity contribution is -0.137. The van der Waals surface area contributed by atoms with E-state index in [4.69, 9.17) is 5.73 Å². The Kier molecular flexibility index (Phi) is 6.97. The number of alkyl halides is 3. The molecule has 1 saturated heterocycles. The van der Waals surface area contributed by atoms with Crippen LogP contribution in [0.1, 0.15) is 30.4 Å². The topological polar surface area (TPSA) is 29.3 Å². The van der Waals surface area contributed by atoms with Crippen LogP contribution in [0.5, 0.6) is 0 Å². The number of hydrogen-bond acceptors (Lipinski definition) is 2. The van der Waals surface area contributed by atoms with Crippen LogP contribution in [-0.2, 0) is 12.7 Å². The highest BCUT2D eigenvalue weighted by Gasteiger charge is 2.30. The molecule has 0 saturated carbocycles. The van der Waals surface area contributed by atoms with Gasteiger partial charge in [-0.25, -0.2) is 0 Å². The van der Waals surface area contributed by atoms with Gasteiger partial charge in [0.25, 0.3) is 0 Å². The molecule has 1 fully saturated rings. The zero-order valence-corrected chi connectivity index (χ0v) is 12.7. The molecule has 1 heterocycles. The van der Waals surface area contributed by atoms with Gasteiger partial charge in [-0.3, -0.25) is 4.90 Å². The van der Waals surface area contributed by atoms with E-state index in [1.54, 1.807) is 12.1 Å². The molecule has 0 aromatic heterocycles. The zero-order chi connectivity index (χ0) is 14.6. The van der Waals surface area contributed by atoms with Gasteiger partial charge in [-0.1, -0.05) is 12.1 Å². The van der Waals surface area contributed by atoms with Crippen LogP contribution in [0.3, 0.4) is 0 Å². The monoisotopic (exact) mass is 322 g/mol. The van der Waals surface area contributed by atoms with Gasteiger partial charge in [0.15, 0.2) is 0 Å². The second-order valence-electron chi connectivity index (χ2n) is 5.52. The highest BCUT2D eigenvalue weighted by atomic mass is 35.5. The highest BCUT2D eigenvalue weighted by molar-refractivity contribution is 5.85. The fourth-order valence-electron chi connectivity index (χ4n) is 2.82. The summed E-state index contributed by atoms with van der Waals surface area (Å²) >= 11 is 0. The number of hydrogen-bond donors (Lipinski definition) is 1. The van der Waals surface area contributed by atoms with E-state index >= 15 is 0 Å². The molecule has 1 atom stereocenters. The van der Waals surface area contributed by atoms with Crippen molar-refractivity contribution in [1.29, 1.82) is 0 Å². The van der Waals surface area contributed by atoms with Crippen molar-refractivity contribution in [3.63, 3.8) is 0 Å². The first-order valence-corrected chi connectivity index (χ1v) is 7.07. The molecule has 1 unspecified atom stereocenters. The molecular formula is C15H22ClF3N2. The lowest BCUT2D eigenvalue weighted by Gasteiger charge is -2.32. The predicted octanol–water partition coefficient (Wildman–Crippen LogP) is 3.69. The third kappa shape index (κ3) is 5.49. The summed E-state index contributed by atoms with van der Waals surface area (Å²) in [6.07, 6.45) is -0.870. The Morgan fingerprint density at radius 3 is 2.43 bits per heavy atom. The summed E-state index contributed by atoms with van der Waals surface area (Å²) in [4.78, 5) is 2.31. The maximum atomic E-state index is 12.5. The largest absolute Gasteiger partial charge is 0.416 e. The van der Waals surface area contributed by atoms with Gasteiger partial charge in [0, 0.05) is 13.1 Å². The van der Waals surface area contributed by atoms with Crippen molar-refractivity contribution in [3.8, 4) is 0 Å². The van der Waals surface area contributed by atoms with Gasteiger partial charge in [-0.2, -0.15) is 13.2 Å². The summed E-state index contributed by atoms with van der Waals surface area (Å²) in [6.45, 7) is 3.44. The Balaban J connectivity index is 0.00000220. The Morgan fingerprint density at radius 2 is 1.86 bits per heavy atom. The normalized spacial score (nSPS) is 20.1. The van der Waals surface area contributed by atoms with Crippen molar-refractivity contribution in [1.82, 2.24) is 4.90 Å². The molecule has 21 heavy (non-hydrogen) atoms. The lowest BCUT2D eigenvalue weighted by atomic mass is 9.94. The second kappa shape index (κ2) is 8.01. The molecule has 0 aliphatic carbocycles. The molecule has 6 heteroatoms. The first-order valence-electron chi connectivity index (χ1n) is 7.07. The van der Waals surface area contributed by atoms with Gasteiger partial charge >= 0.3 is 6.18 Å². The van der Waals surface area contributed by atoms with Crippen LogP contribution in [0.25, 0.3) is 0 Å². The van der Waals surface area contributed by atoms with E-state index in [1.807, 2.05) is 0 Å². The Bertz CT molecular complexity index is 418. The number of nitrogens with two attached hydrogens (primary N) is 1. The Labute approximate surface area is 129 Å². The van der Waals surface area contributed by atoms with E-state index in [2.05, 4.69) is 4.90 Å². The summed E-state index contributed by atoms with van der Waals surface area (Å²) in [7, 11) is 0. The first-order chi connectivity index (χ1) is 9.49. The van der Waals surface area contributed by atoms with Crippen LogP contribution in [0, 0.1) is 5.92 Å². The van der Waals surface area contributed by atoms with Crippen LogP contribution >= 0.6 is 12.4 Å². The van der Waals surface area contributed by atoms with Crippen molar-refractivity contribution in [2.45, 2.75) is 32.0 Å². The van der Waals surface area contributed by atoms with Crippen molar-refractivity contribution < 1.29 is 13.2 Å². The van der Waals surface area contributed by atoms with Gasteiger partial charge < -0.3 is 5.73 Å². The minimum atomic E-state index is -4.25. The molecule has 2 nitrogen and oxygen atoms in total. The van der Waals surface area contributed by atoms with Crippen molar-refractivity contribution >= 4 is 12.4 Å². The average Bonchev–Trinajstić information content (AvgIpc) is 2.39. The van der Waals surface area contributed by atoms with Gasteiger partial charge in [0.1, 0.15) is 0 Å². The van der Waals surface area contributed by atoms with E-state index in [-0.39, 0.29) is 12.4 Å². The quantitative estimate of drug-likeness (QED) is 0.916. The van der Waals surface area contributed by atoms with Crippen molar-refractivity contribution in [2.24, 2.45) is 11.7 Å². The number of nitrogens with zero attached hydrogens (tertiary/aromatic N) is 1. The standard InChI is InChI=1S/C15H21F3N2.ClH/c16-15(17,18)14-5-3-13(4-6-14)11-20-9-1-2-12(10-20)7-8-19;/h3-6,12H,1-2,7-11,19H2;1H. The summed E-state index contributed by atoms with van der Waals surface area (Å²) < 4.78 is 37.5. The van der Waals surface area contributed by atoms with E-state index < -0.39 is 11.7 Å². The summed E-state index contributed by atoms with van der Waals surface area (Å²) in [6, 6.07) is 5.48. The zero-order valence-electron chi connectivity index (χ0n) is 11.9. The third-order valence-electron chi connectivity index (χ3n) is 3.87. The van der Waals surface area contributed by atoms with E-state index in [0.717, 1.165) is 50.2 Å². The molecule has 120 valence electrons. The van der Waals surface area contributed by atoms with Crippen molar-refractivity contribution in [2.75, 3.05) is 19.6 Å². The maximum Gasteiger partial charge on any atom is 0.416 e. The van der Waals surface area contributed by atoms with Crippen LogP contribution in [0.4, 0.5) is 13.2 Å². The molecule has 0 amide bonds. The molecule has 1 aliphatic heterocycles. The fraction of sp³-hybridized carbons (Fsp3) is 0.600. The van der Waals surface area contributed by atoms with Gasteiger partial charge in [-0.15, -0.1) is 12.4 Å². The number of piperidine rings is 1. The SMILES string of the molecule is Cl.NCCC1CCCN(Cc2ccc(C(F)(F)F)cc2)C1. The van der Waals surface area contributed by atoms with Gasteiger partial charge in [0.05, 0.1) is 5.56 Å². The minimum Gasteiger partial charge on any atom is -0.330 e. The van der Waals surface area contributed by atoms with Crippen LogP contribution in [-0.4, -0.2) is 24.5 Å². The molecule has 1 aromatic carbocycles. The number of benzene rings is 1. The minimum absolute atomic E-state index is 0. The first kappa shape index (κ1) is 18.3. The van der Waals surface area contributed by atoms with E-state index in [1.165, 1.54) is 6.42 Å². The maximum absolute atomic E-state index is 12.5. The third-order valence-corrected chi connectivity index (χ3v) is 3.87. The lowest BCUT2D eigenvalue weighted by Crippen LogP contribution is -2.35. The summed E-state index contributed by atoms with van der Waals surface area (Å²) in [5, 5.41) is 0. The van der Waals surface area contributed by atoms with Gasteiger partial charge in [0.2, 0.25) is 0 Å². The molecule has 2 rings (SSSR count). The van der Waals surface area contributed by atoms with Gasteiger partial charge in [-0.05, 0) is 56.0 Å². The second-order valence-corrected chi connectivity index (χ2v) is 5.52. The number of halogens is 4. The van der Waals surface area contributed by atoms with E-state index in [0.29, 0.717) is 12.5 Å². The Hall–Kier alpha value is -0.780. The molecular weight excluding hydrogens is 301 g/mol. The number of rotatable bonds is 4. The highest BCUT2D eigenvalue weighted by Crippen LogP contribution is 2.29. The van der Waals surface area contributed by atoms with E-state index in [9.17, 15) is 13.2 Å². The molecule has 2 N–H and O–H groups in total. The smallest absolute Gasteiger partial charge is 0.330 e.